The van der Waals surface area contributed by atoms with Gasteiger partial charge in [-0.3, -0.25) is 0 Å². The number of hydrogen-bond donors (Lipinski definition) is 0. The molecule has 0 aromatic heterocycles. The molecule has 0 radical (unpaired) electrons. The number of ether oxygens (including phenoxy) is 3. The van der Waals surface area contributed by atoms with Crippen LogP contribution >= 0.6 is 11.6 Å². The predicted octanol–water partition coefficient (Wildman–Crippen LogP) is 3.16. The summed E-state index contributed by atoms with van der Waals surface area (Å²) in [5, 5.41) is 9.39. The van der Waals surface area contributed by atoms with Gasteiger partial charge in [0.25, 0.3) is 0 Å². The first kappa shape index (κ1) is 18.1. The number of hydrogen-bond acceptors (Lipinski definition) is 6. The summed E-state index contributed by atoms with van der Waals surface area (Å²) in [6.45, 7) is 0.136. The quantitative estimate of drug-likeness (QED) is 0.759. The van der Waals surface area contributed by atoms with Crippen LogP contribution in [0.15, 0.2) is 47.4 Å². The number of halogens is 1. The molecule has 2 aliphatic rings. The number of sulfone groups is 1. The highest BCUT2D eigenvalue weighted by Gasteiger charge is 2.72. The summed E-state index contributed by atoms with van der Waals surface area (Å²) in [4.78, 5) is 0.135. The maximum absolute atomic E-state index is 13.3. The lowest BCUT2D eigenvalue weighted by atomic mass is 10.0. The SMILES string of the molecule is COC[C@@]1(C#N)[C@H](c2ccc3c(c2)OCO3)[C@@H]1S(=O)(=O)c1ccc(Cl)cc1. The molecule has 2 aromatic carbocycles. The zero-order valence-corrected chi connectivity index (χ0v) is 16.0. The van der Waals surface area contributed by atoms with Crippen molar-refractivity contribution in [2.45, 2.75) is 16.1 Å². The van der Waals surface area contributed by atoms with Crippen molar-refractivity contribution < 1.29 is 22.6 Å². The molecule has 0 saturated heterocycles. The van der Waals surface area contributed by atoms with E-state index in [1.165, 1.54) is 31.4 Å². The summed E-state index contributed by atoms with van der Waals surface area (Å²) in [6.07, 6.45) is 0. The van der Waals surface area contributed by atoms with Crippen molar-refractivity contribution in [1.82, 2.24) is 0 Å². The Hall–Kier alpha value is -2.27. The van der Waals surface area contributed by atoms with Gasteiger partial charge in [-0.15, -0.1) is 0 Å². The van der Waals surface area contributed by atoms with E-state index in [4.69, 9.17) is 25.8 Å². The van der Waals surface area contributed by atoms with Gasteiger partial charge in [-0.25, -0.2) is 8.42 Å². The molecule has 0 amide bonds. The lowest BCUT2D eigenvalue weighted by molar-refractivity contribution is 0.162. The molecule has 1 aliphatic carbocycles. The van der Waals surface area contributed by atoms with E-state index in [0.29, 0.717) is 22.1 Å². The molecule has 0 unspecified atom stereocenters. The molecule has 3 atom stereocenters. The van der Waals surface area contributed by atoms with E-state index in [1.807, 2.05) is 0 Å². The fraction of sp³-hybridized carbons (Fsp3) is 0.316. The Morgan fingerprint density at radius 3 is 2.59 bits per heavy atom. The molecule has 0 spiro atoms. The van der Waals surface area contributed by atoms with E-state index >= 15 is 0 Å². The standard InChI is InChI=1S/C19H16ClNO5S/c1-24-10-19(9-21)17(12-2-7-15-16(8-12)26-11-25-15)18(19)27(22,23)14-5-3-13(20)4-6-14/h2-8,17-18H,10-11H2,1H3/t17-,18+,19+/m1/s1. The summed E-state index contributed by atoms with van der Waals surface area (Å²) in [6, 6.07) is 13.4. The van der Waals surface area contributed by atoms with Crippen LogP contribution in [0.4, 0.5) is 0 Å². The van der Waals surface area contributed by atoms with Crippen molar-refractivity contribution in [2.75, 3.05) is 20.5 Å². The van der Waals surface area contributed by atoms with Crippen molar-refractivity contribution >= 4 is 21.4 Å². The van der Waals surface area contributed by atoms with E-state index < -0.39 is 26.4 Å². The minimum Gasteiger partial charge on any atom is -0.454 e. The van der Waals surface area contributed by atoms with Crippen molar-refractivity contribution in [1.29, 1.82) is 5.26 Å². The lowest BCUT2D eigenvalue weighted by Crippen LogP contribution is -2.19. The average Bonchev–Trinajstić information content (AvgIpc) is 3.10. The second-order valence-electron chi connectivity index (χ2n) is 6.60. The smallest absolute Gasteiger partial charge is 0.231 e. The molecular weight excluding hydrogens is 390 g/mol. The van der Waals surface area contributed by atoms with Gasteiger partial charge in [0, 0.05) is 18.1 Å². The fourth-order valence-corrected chi connectivity index (χ4v) is 6.22. The van der Waals surface area contributed by atoms with Gasteiger partial charge in [0.05, 0.1) is 22.8 Å². The molecule has 1 aliphatic heterocycles. The van der Waals surface area contributed by atoms with Gasteiger partial charge in [0.15, 0.2) is 21.3 Å². The molecule has 140 valence electrons. The first-order valence-electron chi connectivity index (χ1n) is 8.23. The molecule has 2 aromatic rings. The number of methoxy groups -OCH3 is 1. The van der Waals surface area contributed by atoms with E-state index in [0.717, 1.165) is 0 Å². The normalized spacial score (nSPS) is 25.8. The van der Waals surface area contributed by atoms with Crippen molar-refractivity contribution in [3.05, 3.63) is 53.1 Å². The maximum atomic E-state index is 13.3. The highest BCUT2D eigenvalue weighted by atomic mass is 35.5. The molecule has 4 rings (SSSR count). The monoisotopic (exact) mass is 405 g/mol. The van der Waals surface area contributed by atoms with Crippen LogP contribution in [0.5, 0.6) is 11.5 Å². The Labute approximate surface area is 162 Å². The summed E-state index contributed by atoms with van der Waals surface area (Å²) in [5.41, 5.74) is -0.457. The van der Waals surface area contributed by atoms with Gasteiger partial charge in [-0.1, -0.05) is 17.7 Å². The fourth-order valence-electron chi connectivity index (χ4n) is 3.79. The van der Waals surface area contributed by atoms with Crippen LogP contribution in [0.2, 0.25) is 5.02 Å². The van der Waals surface area contributed by atoms with Crippen LogP contribution in [0, 0.1) is 16.7 Å². The minimum absolute atomic E-state index is 0.0140. The van der Waals surface area contributed by atoms with Crippen molar-refractivity contribution in [2.24, 2.45) is 5.41 Å². The molecule has 1 heterocycles. The Bertz CT molecular complexity index is 1030. The van der Waals surface area contributed by atoms with Gasteiger partial charge >= 0.3 is 0 Å². The third-order valence-electron chi connectivity index (χ3n) is 5.08. The number of benzene rings is 2. The molecule has 6 nitrogen and oxygen atoms in total. The number of fused-ring (bicyclic) bond motifs is 1. The Balaban J connectivity index is 1.78. The Morgan fingerprint density at radius 2 is 1.93 bits per heavy atom. The lowest BCUT2D eigenvalue weighted by Gasteiger charge is -2.08. The Morgan fingerprint density at radius 1 is 1.22 bits per heavy atom. The van der Waals surface area contributed by atoms with Crippen LogP contribution in [-0.4, -0.2) is 34.2 Å². The highest BCUT2D eigenvalue weighted by Crippen LogP contribution is 2.64. The molecular formula is C19H16ClNO5S. The molecule has 0 N–H and O–H groups in total. The van der Waals surface area contributed by atoms with Crippen LogP contribution in [0.25, 0.3) is 0 Å². The Kier molecular flexibility index (Phi) is 4.30. The van der Waals surface area contributed by atoms with Gasteiger partial charge in [-0.05, 0) is 42.0 Å². The summed E-state index contributed by atoms with van der Waals surface area (Å²) in [5.74, 6) is 0.620. The van der Waals surface area contributed by atoms with Gasteiger partial charge in [0.2, 0.25) is 6.79 Å². The molecule has 27 heavy (non-hydrogen) atoms. The third kappa shape index (κ3) is 2.76. The van der Waals surface area contributed by atoms with Crippen molar-refractivity contribution in [3.63, 3.8) is 0 Å². The van der Waals surface area contributed by atoms with Crippen LogP contribution in [0.1, 0.15) is 11.5 Å². The predicted molar refractivity (Wildman–Crippen MR) is 97.7 cm³/mol. The number of nitriles is 1. The second-order valence-corrected chi connectivity index (χ2v) is 9.10. The molecule has 1 saturated carbocycles. The summed E-state index contributed by atoms with van der Waals surface area (Å²) < 4.78 is 42.5. The van der Waals surface area contributed by atoms with E-state index in [9.17, 15) is 13.7 Å². The molecule has 0 bridgehead atoms. The summed E-state index contributed by atoms with van der Waals surface area (Å²) >= 11 is 5.88. The first-order valence-corrected chi connectivity index (χ1v) is 10.2. The summed E-state index contributed by atoms with van der Waals surface area (Å²) in [7, 11) is -2.31. The van der Waals surface area contributed by atoms with Crippen LogP contribution in [-0.2, 0) is 14.6 Å². The molecule has 8 heteroatoms. The van der Waals surface area contributed by atoms with Crippen LogP contribution in [0.3, 0.4) is 0 Å². The third-order valence-corrected chi connectivity index (χ3v) is 7.62. The highest BCUT2D eigenvalue weighted by molar-refractivity contribution is 7.92. The maximum Gasteiger partial charge on any atom is 0.231 e. The van der Waals surface area contributed by atoms with Gasteiger partial charge in [-0.2, -0.15) is 5.26 Å². The number of nitrogens with zero attached hydrogens (tertiary/aromatic N) is 1. The zero-order valence-electron chi connectivity index (χ0n) is 14.4. The zero-order chi connectivity index (χ0) is 19.2. The van der Waals surface area contributed by atoms with E-state index in [-0.39, 0.29) is 18.3 Å². The van der Waals surface area contributed by atoms with Crippen LogP contribution < -0.4 is 9.47 Å². The average molecular weight is 406 g/mol. The van der Waals surface area contributed by atoms with E-state index in [1.54, 1.807) is 18.2 Å². The van der Waals surface area contributed by atoms with Gasteiger partial charge < -0.3 is 14.2 Å². The first-order chi connectivity index (χ1) is 12.9. The van der Waals surface area contributed by atoms with Gasteiger partial charge in [0.1, 0.15) is 5.41 Å². The second kappa shape index (κ2) is 6.41. The van der Waals surface area contributed by atoms with Crippen molar-refractivity contribution in [3.8, 4) is 17.6 Å². The largest absolute Gasteiger partial charge is 0.454 e. The molecule has 1 fully saturated rings. The number of rotatable bonds is 5. The van der Waals surface area contributed by atoms with E-state index in [2.05, 4.69) is 6.07 Å². The topological polar surface area (TPSA) is 85.6 Å². The minimum atomic E-state index is -3.77.